The first kappa shape index (κ1) is 11.8. The zero-order valence-electron chi connectivity index (χ0n) is 8.39. The average molecular weight is 269 g/mol. The summed E-state index contributed by atoms with van der Waals surface area (Å²) in [6.07, 6.45) is 4.21. The number of carbonyl (C=O) groups excluding carboxylic acids is 1. The molecular weight excluding hydrogens is 263 g/mol. The molecular formula is C10H6Cl2N4O. The summed E-state index contributed by atoms with van der Waals surface area (Å²) in [6.45, 7) is 0. The standard InChI is InChI=1S/C10H6Cl2N4O/c11-6-1-2-7(15-5-6)16-10(17)8-9(12)14-4-3-13-8/h1-5H,(H,15,16,17). The molecule has 2 rings (SSSR count). The maximum Gasteiger partial charge on any atom is 0.278 e. The summed E-state index contributed by atoms with van der Waals surface area (Å²) in [5.74, 6) is -0.112. The summed E-state index contributed by atoms with van der Waals surface area (Å²) >= 11 is 11.4. The van der Waals surface area contributed by atoms with Crippen molar-refractivity contribution in [3.63, 3.8) is 0 Å². The van der Waals surface area contributed by atoms with Gasteiger partial charge < -0.3 is 5.32 Å². The molecule has 0 fully saturated rings. The second kappa shape index (κ2) is 5.07. The molecule has 0 saturated heterocycles. The van der Waals surface area contributed by atoms with E-state index in [-0.39, 0.29) is 10.8 Å². The number of nitrogens with one attached hydrogen (secondary N) is 1. The maximum absolute atomic E-state index is 11.7. The van der Waals surface area contributed by atoms with Gasteiger partial charge in [0.05, 0.1) is 5.02 Å². The van der Waals surface area contributed by atoms with Gasteiger partial charge in [0.2, 0.25) is 0 Å². The number of aromatic nitrogens is 3. The van der Waals surface area contributed by atoms with E-state index in [2.05, 4.69) is 20.3 Å². The van der Waals surface area contributed by atoms with Gasteiger partial charge in [0, 0.05) is 18.6 Å². The SMILES string of the molecule is O=C(Nc1ccc(Cl)cn1)c1nccnc1Cl. The molecule has 0 radical (unpaired) electrons. The zero-order valence-corrected chi connectivity index (χ0v) is 9.90. The Morgan fingerprint density at radius 1 is 1.12 bits per heavy atom. The van der Waals surface area contributed by atoms with Gasteiger partial charge in [0.25, 0.3) is 5.91 Å². The van der Waals surface area contributed by atoms with Gasteiger partial charge >= 0.3 is 0 Å². The summed E-state index contributed by atoms with van der Waals surface area (Å²) in [6, 6.07) is 3.19. The van der Waals surface area contributed by atoms with Crippen molar-refractivity contribution >= 4 is 34.9 Å². The molecule has 0 saturated carbocycles. The molecule has 0 bridgehead atoms. The van der Waals surface area contributed by atoms with Crippen LogP contribution in [0.15, 0.2) is 30.7 Å². The topological polar surface area (TPSA) is 67.8 Å². The van der Waals surface area contributed by atoms with Crippen molar-refractivity contribution in [1.82, 2.24) is 15.0 Å². The van der Waals surface area contributed by atoms with Crippen molar-refractivity contribution < 1.29 is 4.79 Å². The molecule has 86 valence electrons. The first-order chi connectivity index (χ1) is 8.16. The molecule has 0 aliphatic carbocycles. The van der Waals surface area contributed by atoms with Crippen molar-refractivity contribution in [2.75, 3.05) is 5.32 Å². The molecule has 0 spiro atoms. The van der Waals surface area contributed by atoms with E-state index in [1.165, 1.54) is 18.6 Å². The lowest BCUT2D eigenvalue weighted by Gasteiger charge is -2.04. The predicted octanol–water partition coefficient (Wildman–Crippen LogP) is 2.43. The van der Waals surface area contributed by atoms with E-state index in [1.807, 2.05) is 0 Å². The summed E-state index contributed by atoms with van der Waals surface area (Å²) in [5, 5.41) is 3.06. The first-order valence-electron chi connectivity index (χ1n) is 4.56. The van der Waals surface area contributed by atoms with Crippen molar-refractivity contribution in [2.45, 2.75) is 0 Å². The molecule has 2 aromatic rings. The van der Waals surface area contributed by atoms with E-state index in [4.69, 9.17) is 23.2 Å². The van der Waals surface area contributed by atoms with E-state index in [1.54, 1.807) is 12.1 Å². The van der Waals surface area contributed by atoms with Crippen molar-refractivity contribution in [2.24, 2.45) is 0 Å². The second-order valence-corrected chi connectivity index (χ2v) is 3.81. The van der Waals surface area contributed by atoms with Crippen LogP contribution in [0.3, 0.4) is 0 Å². The number of carbonyl (C=O) groups is 1. The number of hydrogen-bond acceptors (Lipinski definition) is 4. The van der Waals surface area contributed by atoms with Crippen LogP contribution in [0.4, 0.5) is 5.82 Å². The third kappa shape index (κ3) is 2.89. The fourth-order valence-corrected chi connectivity index (χ4v) is 1.40. The third-order valence-corrected chi connectivity index (χ3v) is 2.34. The van der Waals surface area contributed by atoms with E-state index in [0.717, 1.165) is 0 Å². The minimum atomic E-state index is -0.474. The van der Waals surface area contributed by atoms with E-state index in [0.29, 0.717) is 10.8 Å². The number of nitrogens with zero attached hydrogens (tertiary/aromatic N) is 3. The molecule has 0 aliphatic rings. The number of halogens is 2. The minimum absolute atomic E-state index is 0.0407. The number of pyridine rings is 1. The molecule has 0 atom stereocenters. The van der Waals surface area contributed by atoms with E-state index < -0.39 is 5.91 Å². The lowest BCUT2D eigenvalue weighted by atomic mass is 10.4. The van der Waals surface area contributed by atoms with Crippen LogP contribution in [-0.2, 0) is 0 Å². The molecule has 2 aromatic heterocycles. The highest BCUT2D eigenvalue weighted by molar-refractivity contribution is 6.32. The number of hydrogen-bond donors (Lipinski definition) is 1. The first-order valence-corrected chi connectivity index (χ1v) is 5.32. The van der Waals surface area contributed by atoms with Gasteiger partial charge in [-0.1, -0.05) is 23.2 Å². The zero-order chi connectivity index (χ0) is 12.3. The molecule has 17 heavy (non-hydrogen) atoms. The Kier molecular flexibility index (Phi) is 3.51. The highest BCUT2D eigenvalue weighted by atomic mass is 35.5. The molecule has 0 aliphatic heterocycles. The lowest BCUT2D eigenvalue weighted by Crippen LogP contribution is -2.15. The Balaban J connectivity index is 2.17. The summed E-state index contributed by atoms with van der Waals surface area (Å²) in [4.78, 5) is 23.3. The number of amides is 1. The molecule has 5 nitrogen and oxygen atoms in total. The smallest absolute Gasteiger partial charge is 0.278 e. The van der Waals surface area contributed by atoms with E-state index >= 15 is 0 Å². The van der Waals surface area contributed by atoms with Gasteiger partial charge in [-0.05, 0) is 12.1 Å². The lowest BCUT2D eigenvalue weighted by molar-refractivity contribution is 0.102. The van der Waals surface area contributed by atoms with Gasteiger partial charge in [-0.2, -0.15) is 0 Å². The van der Waals surface area contributed by atoms with Crippen molar-refractivity contribution in [3.05, 3.63) is 46.6 Å². The Morgan fingerprint density at radius 2 is 1.88 bits per heavy atom. The molecule has 1 amide bonds. The highest BCUT2D eigenvalue weighted by Crippen LogP contribution is 2.13. The van der Waals surface area contributed by atoms with Crippen LogP contribution in [0.1, 0.15) is 10.5 Å². The second-order valence-electron chi connectivity index (χ2n) is 3.01. The van der Waals surface area contributed by atoms with Crippen LogP contribution in [0.25, 0.3) is 0 Å². The van der Waals surface area contributed by atoms with Crippen LogP contribution in [0.5, 0.6) is 0 Å². The fourth-order valence-electron chi connectivity index (χ4n) is 1.10. The van der Waals surface area contributed by atoms with Gasteiger partial charge in [-0.15, -0.1) is 0 Å². The van der Waals surface area contributed by atoms with Crippen LogP contribution in [0, 0.1) is 0 Å². The molecule has 0 aromatic carbocycles. The Labute approximate surface area is 107 Å². The molecule has 7 heteroatoms. The normalized spacial score (nSPS) is 10.0. The largest absolute Gasteiger partial charge is 0.305 e. The summed E-state index contributed by atoms with van der Waals surface area (Å²) < 4.78 is 0. The minimum Gasteiger partial charge on any atom is -0.305 e. The predicted molar refractivity (Wildman–Crippen MR) is 64.2 cm³/mol. The van der Waals surface area contributed by atoms with Crippen molar-refractivity contribution in [1.29, 1.82) is 0 Å². The average Bonchev–Trinajstić information content (AvgIpc) is 2.32. The highest BCUT2D eigenvalue weighted by Gasteiger charge is 2.12. The quantitative estimate of drug-likeness (QED) is 0.909. The van der Waals surface area contributed by atoms with Gasteiger partial charge in [-0.25, -0.2) is 15.0 Å². The van der Waals surface area contributed by atoms with Crippen LogP contribution in [-0.4, -0.2) is 20.9 Å². The van der Waals surface area contributed by atoms with Gasteiger partial charge in [-0.3, -0.25) is 4.79 Å². The van der Waals surface area contributed by atoms with Gasteiger partial charge in [0.15, 0.2) is 10.8 Å². The fraction of sp³-hybridized carbons (Fsp3) is 0. The molecule has 1 N–H and O–H groups in total. The Bertz CT molecular complexity index is 544. The summed E-state index contributed by atoms with van der Waals surface area (Å²) in [5.41, 5.74) is 0.0471. The Morgan fingerprint density at radius 3 is 2.53 bits per heavy atom. The third-order valence-electron chi connectivity index (χ3n) is 1.84. The monoisotopic (exact) mass is 268 g/mol. The number of anilines is 1. The number of rotatable bonds is 2. The van der Waals surface area contributed by atoms with Crippen LogP contribution < -0.4 is 5.32 Å². The van der Waals surface area contributed by atoms with Crippen molar-refractivity contribution in [3.8, 4) is 0 Å². The molecule has 2 heterocycles. The van der Waals surface area contributed by atoms with Crippen LogP contribution in [0.2, 0.25) is 10.2 Å². The van der Waals surface area contributed by atoms with Crippen LogP contribution >= 0.6 is 23.2 Å². The van der Waals surface area contributed by atoms with E-state index in [9.17, 15) is 4.79 Å². The summed E-state index contributed by atoms with van der Waals surface area (Å²) in [7, 11) is 0. The molecule has 0 unspecified atom stereocenters. The van der Waals surface area contributed by atoms with Gasteiger partial charge in [0.1, 0.15) is 5.82 Å². The maximum atomic E-state index is 11.7. The Hall–Kier alpha value is -1.72.